The largest absolute Gasteiger partial charge is 0.486 e. The van der Waals surface area contributed by atoms with E-state index in [1.54, 1.807) is 17.0 Å². The van der Waals surface area contributed by atoms with Crippen molar-refractivity contribution in [1.29, 1.82) is 0 Å². The van der Waals surface area contributed by atoms with Gasteiger partial charge in [0.15, 0.2) is 17.6 Å². The van der Waals surface area contributed by atoms with Gasteiger partial charge >= 0.3 is 0 Å². The summed E-state index contributed by atoms with van der Waals surface area (Å²) in [6.45, 7) is 4.62. The second-order valence-electron chi connectivity index (χ2n) is 7.85. The van der Waals surface area contributed by atoms with E-state index < -0.39 is 4.92 Å². The van der Waals surface area contributed by atoms with E-state index in [0.29, 0.717) is 42.4 Å². The fourth-order valence-electron chi connectivity index (χ4n) is 4.14. The van der Waals surface area contributed by atoms with Crippen LogP contribution in [0.5, 0.6) is 11.5 Å². The van der Waals surface area contributed by atoms with E-state index in [-0.39, 0.29) is 17.7 Å². The van der Waals surface area contributed by atoms with Crippen LogP contribution >= 0.6 is 0 Å². The molecular formula is C23H27N3O5. The number of para-hydroxylation sites is 2. The quantitative estimate of drug-likeness (QED) is 0.516. The highest BCUT2D eigenvalue weighted by atomic mass is 16.6. The second-order valence-corrected chi connectivity index (χ2v) is 7.85. The smallest absolute Gasteiger partial charge is 0.293 e. The molecule has 0 aromatic heterocycles. The molecule has 1 saturated heterocycles. The summed E-state index contributed by atoms with van der Waals surface area (Å²) in [5.74, 6) is 1.10. The van der Waals surface area contributed by atoms with Crippen LogP contribution in [0, 0.1) is 10.1 Å². The Morgan fingerprint density at radius 3 is 2.61 bits per heavy atom. The molecule has 2 aliphatic rings. The number of nitro groups is 1. The fraction of sp³-hybridized carbons (Fsp3) is 0.435. The molecule has 0 aliphatic carbocycles. The van der Waals surface area contributed by atoms with Gasteiger partial charge in [-0.2, -0.15) is 0 Å². The first-order valence-electron chi connectivity index (χ1n) is 10.8. The van der Waals surface area contributed by atoms with E-state index in [2.05, 4.69) is 0 Å². The maximum Gasteiger partial charge on any atom is 0.293 e. The third-order valence-electron chi connectivity index (χ3n) is 5.78. The molecule has 2 aromatic rings. The third-order valence-corrected chi connectivity index (χ3v) is 5.78. The standard InChI is InChI=1S/C23H27N3O5/c1-2-24(15-18-16-30-21-8-4-5-9-22(21)31-18)23(27)17-10-11-19(20(14-17)26(28)29)25-12-6-3-7-13-25/h4-5,8-11,14,18H,2-3,6-7,12-13,15-16H2,1H3. The van der Waals surface area contributed by atoms with Crippen molar-refractivity contribution in [2.45, 2.75) is 32.3 Å². The zero-order valence-corrected chi connectivity index (χ0v) is 17.7. The van der Waals surface area contributed by atoms with Crippen molar-refractivity contribution in [3.63, 3.8) is 0 Å². The summed E-state index contributed by atoms with van der Waals surface area (Å²) in [6.07, 6.45) is 2.88. The monoisotopic (exact) mass is 425 g/mol. The molecule has 4 rings (SSSR count). The molecule has 0 N–H and O–H groups in total. The molecular weight excluding hydrogens is 398 g/mol. The number of carbonyl (C=O) groups excluding carboxylic acids is 1. The van der Waals surface area contributed by atoms with Gasteiger partial charge in [0, 0.05) is 31.3 Å². The van der Waals surface area contributed by atoms with Crippen LogP contribution in [0.1, 0.15) is 36.5 Å². The van der Waals surface area contributed by atoms with E-state index >= 15 is 0 Å². The number of rotatable bonds is 6. The normalized spacial score (nSPS) is 17.8. The zero-order valence-electron chi connectivity index (χ0n) is 17.7. The van der Waals surface area contributed by atoms with Gasteiger partial charge in [0.1, 0.15) is 12.3 Å². The lowest BCUT2D eigenvalue weighted by Gasteiger charge is -2.31. The number of hydrogen-bond acceptors (Lipinski definition) is 6. The van der Waals surface area contributed by atoms with Crippen LogP contribution in [0.25, 0.3) is 0 Å². The van der Waals surface area contributed by atoms with Gasteiger partial charge in [-0.1, -0.05) is 12.1 Å². The molecule has 0 bridgehead atoms. The Morgan fingerprint density at radius 1 is 1.16 bits per heavy atom. The molecule has 8 nitrogen and oxygen atoms in total. The van der Waals surface area contributed by atoms with Gasteiger partial charge in [0.05, 0.1) is 11.5 Å². The lowest BCUT2D eigenvalue weighted by Crippen LogP contribution is -2.43. The van der Waals surface area contributed by atoms with Gasteiger partial charge in [-0.15, -0.1) is 0 Å². The van der Waals surface area contributed by atoms with Gasteiger partial charge < -0.3 is 19.3 Å². The summed E-state index contributed by atoms with van der Waals surface area (Å²) in [5.41, 5.74) is 0.881. The molecule has 164 valence electrons. The maximum atomic E-state index is 13.2. The van der Waals surface area contributed by atoms with Crippen molar-refractivity contribution in [3.05, 3.63) is 58.1 Å². The fourth-order valence-corrected chi connectivity index (χ4v) is 4.14. The minimum Gasteiger partial charge on any atom is -0.486 e. The number of nitro benzene ring substituents is 1. The lowest BCUT2D eigenvalue weighted by atomic mass is 10.1. The van der Waals surface area contributed by atoms with E-state index in [1.165, 1.54) is 6.07 Å². The molecule has 31 heavy (non-hydrogen) atoms. The number of carbonyl (C=O) groups is 1. The number of piperidine rings is 1. The minimum atomic E-state index is -0.397. The predicted molar refractivity (Wildman–Crippen MR) is 117 cm³/mol. The van der Waals surface area contributed by atoms with Crippen LogP contribution in [-0.4, -0.2) is 54.6 Å². The molecule has 1 unspecified atom stereocenters. The first-order chi connectivity index (χ1) is 15.1. The molecule has 1 fully saturated rings. The van der Waals surface area contributed by atoms with E-state index in [1.807, 2.05) is 36.1 Å². The van der Waals surface area contributed by atoms with Crippen LogP contribution in [0.2, 0.25) is 0 Å². The highest BCUT2D eigenvalue weighted by molar-refractivity contribution is 5.95. The van der Waals surface area contributed by atoms with E-state index in [4.69, 9.17) is 9.47 Å². The van der Waals surface area contributed by atoms with Crippen molar-refractivity contribution in [3.8, 4) is 11.5 Å². The van der Waals surface area contributed by atoms with Crippen molar-refractivity contribution < 1.29 is 19.2 Å². The predicted octanol–water partition coefficient (Wildman–Crippen LogP) is 3.89. The molecule has 8 heteroatoms. The summed E-state index contributed by atoms with van der Waals surface area (Å²) < 4.78 is 11.7. The number of nitrogens with zero attached hydrogens (tertiary/aromatic N) is 3. The number of fused-ring (bicyclic) bond motifs is 1. The Labute approximate surface area is 181 Å². The summed E-state index contributed by atoms with van der Waals surface area (Å²) >= 11 is 0. The first-order valence-corrected chi connectivity index (χ1v) is 10.8. The summed E-state index contributed by atoms with van der Waals surface area (Å²) in [7, 11) is 0. The SMILES string of the molecule is CCN(CC1COc2ccccc2O1)C(=O)c1ccc(N2CCCCC2)c([N+](=O)[O-])c1. The molecule has 0 spiro atoms. The number of anilines is 1. The van der Waals surface area contributed by atoms with Crippen LogP contribution in [0.4, 0.5) is 11.4 Å². The summed E-state index contributed by atoms with van der Waals surface area (Å²) in [6, 6.07) is 12.2. The summed E-state index contributed by atoms with van der Waals surface area (Å²) in [5, 5.41) is 11.7. The zero-order chi connectivity index (χ0) is 21.8. The topological polar surface area (TPSA) is 85.2 Å². The third kappa shape index (κ3) is 4.57. The molecule has 1 amide bonds. The minimum absolute atomic E-state index is 0.0185. The van der Waals surface area contributed by atoms with Crippen LogP contribution in [-0.2, 0) is 0 Å². The Bertz CT molecular complexity index is 958. The first kappa shape index (κ1) is 21.0. The lowest BCUT2D eigenvalue weighted by molar-refractivity contribution is -0.384. The van der Waals surface area contributed by atoms with Crippen molar-refractivity contribution in [2.75, 3.05) is 37.7 Å². The average Bonchev–Trinajstić information content (AvgIpc) is 2.82. The van der Waals surface area contributed by atoms with Gasteiger partial charge in [-0.3, -0.25) is 14.9 Å². The Hall–Kier alpha value is -3.29. The number of benzene rings is 2. The number of hydrogen-bond donors (Lipinski definition) is 0. The molecule has 0 radical (unpaired) electrons. The molecule has 2 aliphatic heterocycles. The Kier molecular flexibility index (Phi) is 6.25. The van der Waals surface area contributed by atoms with Gasteiger partial charge in [0.25, 0.3) is 11.6 Å². The van der Waals surface area contributed by atoms with Crippen molar-refractivity contribution in [2.24, 2.45) is 0 Å². The summed E-state index contributed by atoms with van der Waals surface area (Å²) in [4.78, 5) is 28.2. The number of ether oxygens (including phenoxy) is 2. The van der Waals surface area contributed by atoms with E-state index in [0.717, 1.165) is 32.4 Å². The van der Waals surface area contributed by atoms with Crippen molar-refractivity contribution >= 4 is 17.3 Å². The maximum absolute atomic E-state index is 13.2. The molecule has 2 aromatic carbocycles. The van der Waals surface area contributed by atoms with Gasteiger partial charge in [-0.05, 0) is 50.5 Å². The van der Waals surface area contributed by atoms with Crippen LogP contribution < -0.4 is 14.4 Å². The molecule has 0 saturated carbocycles. The molecule has 1 atom stereocenters. The van der Waals surface area contributed by atoms with Gasteiger partial charge in [-0.25, -0.2) is 0 Å². The van der Waals surface area contributed by atoms with Crippen molar-refractivity contribution in [1.82, 2.24) is 4.90 Å². The Morgan fingerprint density at radius 2 is 1.90 bits per heavy atom. The average molecular weight is 425 g/mol. The van der Waals surface area contributed by atoms with Crippen LogP contribution in [0.3, 0.4) is 0 Å². The van der Waals surface area contributed by atoms with E-state index in [9.17, 15) is 14.9 Å². The van der Waals surface area contributed by atoms with Crippen LogP contribution in [0.15, 0.2) is 42.5 Å². The number of amides is 1. The Balaban J connectivity index is 1.50. The molecule has 2 heterocycles. The second kappa shape index (κ2) is 9.24. The highest BCUT2D eigenvalue weighted by Crippen LogP contribution is 2.33. The highest BCUT2D eigenvalue weighted by Gasteiger charge is 2.28. The number of likely N-dealkylation sites (N-methyl/N-ethyl adjacent to an activating group) is 1. The van der Waals surface area contributed by atoms with Gasteiger partial charge in [0.2, 0.25) is 0 Å².